The first-order valence-corrected chi connectivity index (χ1v) is 7.13. The van der Waals surface area contributed by atoms with Gasteiger partial charge in [-0.3, -0.25) is 4.79 Å². The van der Waals surface area contributed by atoms with Crippen LogP contribution in [0.3, 0.4) is 0 Å². The van der Waals surface area contributed by atoms with Crippen molar-refractivity contribution in [1.29, 1.82) is 0 Å². The third-order valence-electron chi connectivity index (χ3n) is 2.79. The Labute approximate surface area is 112 Å². The second-order valence-corrected chi connectivity index (χ2v) is 5.38. The first-order chi connectivity index (χ1) is 8.66. The largest absolute Gasteiger partial charge is 0.362 e. The molecule has 0 spiro atoms. The molecule has 1 heterocycles. The lowest BCUT2D eigenvalue weighted by Gasteiger charge is -2.01. The van der Waals surface area contributed by atoms with Crippen molar-refractivity contribution in [2.75, 3.05) is 5.75 Å². The number of thioether (sulfide) groups is 1. The van der Waals surface area contributed by atoms with E-state index in [0.717, 1.165) is 22.7 Å². The summed E-state index contributed by atoms with van der Waals surface area (Å²) in [5, 5.41) is 0. The number of rotatable bonds is 5. The van der Waals surface area contributed by atoms with Gasteiger partial charge in [0.05, 0.1) is 5.75 Å². The van der Waals surface area contributed by atoms with E-state index in [1.54, 1.807) is 11.8 Å². The molecule has 0 aliphatic carbocycles. The van der Waals surface area contributed by atoms with E-state index in [9.17, 15) is 4.79 Å². The van der Waals surface area contributed by atoms with E-state index in [0.29, 0.717) is 5.75 Å². The molecule has 1 aromatic heterocycles. The molecule has 1 N–H and O–H groups in total. The Morgan fingerprint density at radius 1 is 1.22 bits per heavy atom. The Morgan fingerprint density at radius 2 is 1.94 bits per heavy atom. The number of nitrogens with one attached hydrogen (secondary N) is 1. The van der Waals surface area contributed by atoms with E-state index in [4.69, 9.17) is 0 Å². The van der Waals surface area contributed by atoms with Crippen molar-refractivity contribution < 1.29 is 4.79 Å². The van der Waals surface area contributed by atoms with Crippen molar-refractivity contribution in [2.24, 2.45) is 0 Å². The summed E-state index contributed by atoms with van der Waals surface area (Å²) in [6.07, 6.45) is 0. The number of hydrogen-bond acceptors (Lipinski definition) is 2. The molecule has 0 saturated heterocycles. The third-order valence-corrected chi connectivity index (χ3v) is 3.80. The second kappa shape index (κ2) is 5.91. The van der Waals surface area contributed by atoms with Gasteiger partial charge in [-0.25, -0.2) is 0 Å². The number of carbonyl (C=O) groups is 1. The molecule has 0 amide bonds. The molecule has 2 nitrogen and oxygen atoms in total. The predicted octanol–water partition coefficient (Wildman–Crippen LogP) is 3.75. The molecule has 18 heavy (non-hydrogen) atoms. The topological polar surface area (TPSA) is 32.9 Å². The molecule has 0 bridgehead atoms. The van der Waals surface area contributed by atoms with Gasteiger partial charge in [0.25, 0.3) is 0 Å². The van der Waals surface area contributed by atoms with Crippen LogP contribution in [0.2, 0.25) is 0 Å². The fourth-order valence-electron chi connectivity index (χ4n) is 1.93. The number of Topliss-reactive ketones (excluding diaryl/α,β-unsaturated/α-hetero) is 1. The molecular formula is C15H17NOS. The number of carbonyl (C=O) groups excluding carboxylic acids is 1. The number of aryl methyl sites for hydroxylation is 2. The molecule has 0 saturated carbocycles. The van der Waals surface area contributed by atoms with Crippen LogP contribution in [0.15, 0.2) is 36.4 Å². The summed E-state index contributed by atoms with van der Waals surface area (Å²) in [7, 11) is 0. The van der Waals surface area contributed by atoms with Crippen molar-refractivity contribution in [3.63, 3.8) is 0 Å². The average Bonchev–Trinajstić information content (AvgIpc) is 2.70. The molecule has 2 rings (SSSR count). The smallest absolute Gasteiger partial charge is 0.174 e. The molecule has 0 fully saturated rings. The van der Waals surface area contributed by atoms with E-state index in [2.05, 4.69) is 17.1 Å². The van der Waals surface area contributed by atoms with Crippen molar-refractivity contribution in [3.05, 3.63) is 58.9 Å². The van der Waals surface area contributed by atoms with Gasteiger partial charge in [0.1, 0.15) is 0 Å². The molecular weight excluding hydrogens is 242 g/mol. The first kappa shape index (κ1) is 13.0. The Morgan fingerprint density at radius 3 is 2.56 bits per heavy atom. The summed E-state index contributed by atoms with van der Waals surface area (Å²) in [5.41, 5.74) is 4.10. The number of aromatic amines is 1. The van der Waals surface area contributed by atoms with Gasteiger partial charge in [-0.05, 0) is 25.5 Å². The third kappa shape index (κ3) is 3.26. The molecule has 2 aromatic rings. The molecule has 0 radical (unpaired) electrons. The van der Waals surface area contributed by atoms with Crippen LogP contribution in [-0.2, 0) is 5.75 Å². The van der Waals surface area contributed by atoms with Crippen LogP contribution in [0.25, 0.3) is 0 Å². The number of benzene rings is 1. The summed E-state index contributed by atoms with van der Waals surface area (Å²) in [4.78, 5) is 15.2. The molecule has 0 atom stereocenters. The highest BCUT2D eigenvalue weighted by atomic mass is 32.2. The van der Waals surface area contributed by atoms with E-state index < -0.39 is 0 Å². The highest BCUT2D eigenvalue weighted by molar-refractivity contribution is 7.99. The fourth-order valence-corrected chi connectivity index (χ4v) is 2.80. The molecule has 3 heteroatoms. The van der Waals surface area contributed by atoms with E-state index in [-0.39, 0.29) is 5.78 Å². The maximum Gasteiger partial charge on any atom is 0.174 e. The predicted molar refractivity (Wildman–Crippen MR) is 77.2 cm³/mol. The van der Waals surface area contributed by atoms with Crippen LogP contribution < -0.4 is 0 Å². The quantitative estimate of drug-likeness (QED) is 0.830. The Balaban J connectivity index is 1.87. The molecule has 0 aliphatic heterocycles. The standard InChI is InChI=1S/C15H17NOS/c1-11-8-14(12(2)16-11)15(17)10-18-9-13-6-4-3-5-7-13/h3-8,16H,9-10H2,1-2H3. The minimum absolute atomic E-state index is 0.206. The normalized spacial score (nSPS) is 10.6. The van der Waals surface area contributed by atoms with E-state index >= 15 is 0 Å². The maximum absolute atomic E-state index is 12.0. The SMILES string of the molecule is Cc1cc(C(=O)CSCc2ccccc2)c(C)[nH]1. The summed E-state index contributed by atoms with van der Waals surface area (Å²) in [5.74, 6) is 1.62. The number of H-pyrrole nitrogens is 1. The van der Waals surface area contributed by atoms with Gasteiger partial charge in [0, 0.05) is 22.7 Å². The Bertz CT molecular complexity index is 531. The van der Waals surface area contributed by atoms with E-state index in [1.807, 2.05) is 38.1 Å². The van der Waals surface area contributed by atoms with Gasteiger partial charge in [0.15, 0.2) is 5.78 Å². The van der Waals surface area contributed by atoms with Gasteiger partial charge in [-0.2, -0.15) is 0 Å². The molecule has 0 unspecified atom stereocenters. The summed E-state index contributed by atoms with van der Waals surface area (Å²) < 4.78 is 0. The van der Waals surface area contributed by atoms with E-state index in [1.165, 1.54) is 5.56 Å². The summed E-state index contributed by atoms with van der Waals surface area (Å²) in [6.45, 7) is 3.92. The minimum Gasteiger partial charge on any atom is -0.362 e. The highest BCUT2D eigenvalue weighted by Crippen LogP contribution is 2.16. The molecule has 1 aromatic carbocycles. The van der Waals surface area contributed by atoms with Crippen LogP contribution >= 0.6 is 11.8 Å². The molecule has 0 aliphatic rings. The zero-order chi connectivity index (χ0) is 13.0. The minimum atomic E-state index is 0.206. The first-order valence-electron chi connectivity index (χ1n) is 5.98. The van der Waals surface area contributed by atoms with Crippen LogP contribution in [0, 0.1) is 13.8 Å². The van der Waals surface area contributed by atoms with Gasteiger partial charge < -0.3 is 4.98 Å². The maximum atomic E-state index is 12.0. The molecule has 94 valence electrons. The fraction of sp³-hybridized carbons (Fsp3) is 0.267. The lowest BCUT2D eigenvalue weighted by molar-refractivity contribution is 0.102. The van der Waals surface area contributed by atoms with Crippen LogP contribution in [-0.4, -0.2) is 16.5 Å². The van der Waals surface area contributed by atoms with Crippen molar-refractivity contribution in [3.8, 4) is 0 Å². The lowest BCUT2D eigenvalue weighted by Crippen LogP contribution is -2.03. The lowest BCUT2D eigenvalue weighted by atomic mass is 10.2. The second-order valence-electron chi connectivity index (χ2n) is 4.39. The average molecular weight is 259 g/mol. The zero-order valence-electron chi connectivity index (χ0n) is 10.7. The zero-order valence-corrected chi connectivity index (χ0v) is 11.5. The van der Waals surface area contributed by atoms with Crippen LogP contribution in [0.4, 0.5) is 0 Å². The van der Waals surface area contributed by atoms with Crippen molar-refractivity contribution in [2.45, 2.75) is 19.6 Å². The number of aromatic nitrogens is 1. The van der Waals surface area contributed by atoms with Gasteiger partial charge in [0.2, 0.25) is 0 Å². The highest BCUT2D eigenvalue weighted by Gasteiger charge is 2.11. The van der Waals surface area contributed by atoms with Gasteiger partial charge in [-0.15, -0.1) is 11.8 Å². The number of ketones is 1. The number of hydrogen-bond donors (Lipinski definition) is 1. The Hall–Kier alpha value is -1.48. The Kier molecular flexibility index (Phi) is 4.26. The van der Waals surface area contributed by atoms with Crippen molar-refractivity contribution in [1.82, 2.24) is 4.98 Å². The van der Waals surface area contributed by atoms with Gasteiger partial charge >= 0.3 is 0 Å². The summed E-state index contributed by atoms with van der Waals surface area (Å²) >= 11 is 1.66. The summed E-state index contributed by atoms with van der Waals surface area (Å²) in [6, 6.07) is 12.2. The monoisotopic (exact) mass is 259 g/mol. The van der Waals surface area contributed by atoms with Crippen LogP contribution in [0.1, 0.15) is 27.3 Å². The van der Waals surface area contributed by atoms with Crippen LogP contribution in [0.5, 0.6) is 0 Å². The van der Waals surface area contributed by atoms with Gasteiger partial charge in [-0.1, -0.05) is 30.3 Å². The van der Waals surface area contributed by atoms with Crippen molar-refractivity contribution >= 4 is 17.5 Å².